The molecule has 0 fully saturated rings. The van der Waals surface area contributed by atoms with E-state index in [4.69, 9.17) is 15.0 Å². The van der Waals surface area contributed by atoms with Crippen molar-refractivity contribution in [1.82, 2.24) is 15.0 Å². The lowest BCUT2D eigenvalue weighted by atomic mass is 9.89. The van der Waals surface area contributed by atoms with E-state index in [1.54, 1.807) is 0 Å². The molecule has 0 aliphatic heterocycles. The summed E-state index contributed by atoms with van der Waals surface area (Å²) in [6.45, 7) is 0. The van der Waals surface area contributed by atoms with Crippen LogP contribution in [0.25, 0.3) is 77.6 Å². The van der Waals surface area contributed by atoms with E-state index >= 15 is 0 Å². The fourth-order valence-corrected chi connectivity index (χ4v) is 5.87. The zero-order valence-corrected chi connectivity index (χ0v) is 22.8. The molecule has 0 aliphatic carbocycles. The number of hydrogen-bond acceptors (Lipinski definition) is 3. The summed E-state index contributed by atoms with van der Waals surface area (Å²) in [5.41, 5.74) is 5.19. The van der Waals surface area contributed by atoms with Gasteiger partial charge in [0.1, 0.15) is 0 Å². The van der Waals surface area contributed by atoms with Gasteiger partial charge in [0, 0.05) is 16.7 Å². The highest BCUT2D eigenvalue weighted by Gasteiger charge is 2.15. The molecule has 0 saturated heterocycles. The Kier molecular flexibility index (Phi) is 5.79. The highest BCUT2D eigenvalue weighted by molar-refractivity contribution is 6.23. The van der Waals surface area contributed by atoms with Crippen LogP contribution in [0.2, 0.25) is 0 Å². The van der Waals surface area contributed by atoms with Crippen molar-refractivity contribution in [2.75, 3.05) is 0 Å². The van der Waals surface area contributed by atoms with E-state index in [9.17, 15) is 0 Å². The summed E-state index contributed by atoms with van der Waals surface area (Å²) in [5.74, 6) is 1.97. The minimum Gasteiger partial charge on any atom is -0.208 e. The Morgan fingerprint density at radius 3 is 1.52 bits per heavy atom. The average Bonchev–Trinajstić information content (AvgIpc) is 3.08. The summed E-state index contributed by atoms with van der Waals surface area (Å²) in [6.07, 6.45) is 0. The molecule has 1 heterocycles. The molecule has 7 aromatic carbocycles. The predicted octanol–water partition coefficient (Wildman–Crippen LogP) is 10.00. The van der Waals surface area contributed by atoms with Crippen molar-refractivity contribution in [3.8, 4) is 45.3 Å². The number of benzene rings is 7. The summed E-state index contributed by atoms with van der Waals surface area (Å²) >= 11 is 0. The van der Waals surface area contributed by atoms with Crippen LogP contribution in [-0.2, 0) is 0 Å². The number of rotatable bonds is 4. The number of aromatic nitrogens is 3. The fraction of sp³-hybridized carbons (Fsp3) is 0. The van der Waals surface area contributed by atoms with Crippen LogP contribution in [0, 0.1) is 0 Å². The summed E-state index contributed by atoms with van der Waals surface area (Å²) in [6, 6.07) is 52.9. The van der Waals surface area contributed by atoms with E-state index in [-0.39, 0.29) is 0 Å². The van der Waals surface area contributed by atoms with Crippen LogP contribution in [-0.4, -0.2) is 15.0 Å². The first-order valence-corrected chi connectivity index (χ1v) is 14.1. The second-order valence-corrected chi connectivity index (χ2v) is 10.5. The molecular weight excluding hydrogens is 510 g/mol. The Hall–Kier alpha value is -5.67. The topological polar surface area (TPSA) is 38.7 Å². The van der Waals surface area contributed by atoms with Gasteiger partial charge in [-0.2, -0.15) is 0 Å². The zero-order chi connectivity index (χ0) is 27.9. The highest BCUT2D eigenvalue weighted by Crippen LogP contribution is 2.40. The van der Waals surface area contributed by atoms with Crippen molar-refractivity contribution < 1.29 is 0 Å². The van der Waals surface area contributed by atoms with Crippen molar-refractivity contribution >= 4 is 32.3 Å². The minimum atomic E-state index is 0.652. The van der Waals surface area contributed by atoms with Crippen LogP contribution < -0.4 is 0 Å². The second-order valence-electron chi connectivity index (χ2n) is 10.5. The van der Waals surface area contributed by atoms with Gasteiger partial charge in [0.25, 0.3) is 0 Å². The molecule has 42 heavy (non-hydrogen) atoms. The summed E-state index contributed by atoms with van der Waals surface area (Å²) in [4.78, 5) is 14.8. The number of hydrogen-bond donors (Lipinski definition) is 0. The van der Waals surface area contributed by atoms with Crippen molar-refractivity contribution in [3.63, 3.8) is 0 Å². The SMILES string of the molecule is c1ccc(-c2nc(-c3ccccc3)nc(-c3cccc(-c4cc5ccccc5c5ccc6ccccc6c45)c3)n2)cc1. The van der Waals surface area contributed by atoms with Crippen molar-refractivity contribution in [3.05, 3.63) is 152 Å². The Balaban J connectivity index is 1.37. The van der Waals surface area contributed by atoms with E-state index in [2.05, 4.69) is 91.0 Å². The van der Waals surface area contributed by atoms with Gasteiger partial charge in [0.05, 0.1) is 0 Å². The Bertz CT molecular complexity index is 2180. The van der Waals surface area contributed by atoms with Gasteiger partial charge in [-0.05, 0) is 55.6 Å². The molecule has 0 saturated carbocycles. The molecule has 1 aromatic heterocycles. The molecule has 0 aliphatic rings. The molecule has 0 radical (unpaired) electrons. The molecule has 3 heteroatoms. The van der Waals surface area contributed by atoms with Gasteiger partial charge in [-0.3, -0.25) is 0 Å². The lowest BCUT2D eigenvalue weighted by molar-refractivity contribution is 1.07. The van der Waals surface area contributed by atoms with Crippen LogP contribution in [0.15, 0.2) is 152 Å². The maximum atomic E-state index is 4.97. The lowest BCUT2D eigenvalue weighted by Gasteiger charge is -2.15. The second kappa shape index (κ2) is 10.1. The van der Waals surface area contributed by atoms with Crippen LogP contribution in [0.5, 0.6) is 0 Å². The van der Waals surface area contributed by atoms with Crippen LogP contribution in [0.3, 0.4) is 0 Å². The molecule has 0 amide bonds. The van der Waals surface area contributed by atoms with Crippen molar-refractivity contribution in [2.45, 2.75) is 0 Å². The van der Waals surface area contributed by atoms with Gasteiger partial charge in [-0.25, -0.2) is 15.0 Å². The summed E-state index contributed by atoms with van der Waals surface area (Å²) in [7, 11) is 0. The normalized spacial score (nSPS) is 11.3. The summed E-state index contributed by atoms with van der Waals surface area (Å²) < 4.78 is 0. The minimum absolute atomic E-state index is 0.652. The average molecular weight is 536 g/mol. The molecule has 0 spiro atoms. The Morgan fingerprint density at radius 1 is 0.310 bits per heavy atom. The molecule has 8 aromatic rings. The Morgan fingerprint density at radius 2 is 0.833 bits per heavy atom. The molecule has 0 atom stereocenters. The predicted molar refractivity (Wildman–Crippen MR) is 174 cm³/mol. The quantitative estimate of drug-likeness (QED) is 0.211. The monoisotopic (exact) mass is 535 g/mol. The van der Waals surface area contributed by atoms with E-state index in [1.165, 1.54) is 37.9 Å². The third-order valence-corrected chi connectivity index (χ3v) is 7.88. The zero-order valence-electron chi connectivity index (χ0n) is 22.8. The fourth-order valence-electron chi connectivity index (χ4n) is 5.87. The van der Waals surface area contributed by atoms with Gasteiger partial charge in [-0.1, -0.05) is 140 Å². The largest absolute Gasteiger partial charge is 0.208 e. The third-order valence-electron chi connectivity index (χ3n) is 7.88. The molecule has 0 unspecified atom stereocenters. The first-order chi connectivity index (χ1) is 20.8. The van der Waals surface area contributed by atoms with Crippen molar-refractivity contribution in [2.24, 2.45) is 0 Å². The first kappa shape index (κ1) is 24.2. The molecule has 0 N–H and O–H groups in total. The van der Waals surface area contributed by atoms with Gasteiger partial charge in [0.2, 0.25) is 0 Å². The molecule has 0 bridgehead atoms. The standard InChI is InChI=1S/C39H25N3/c1-3-13-27(14-4-1)37-40-38(28-15-5-2-6-16-28)42-39(41-37)31-19-11-18-29(24-31)35-25-30-17-8-9-20-32(30)34-23-22-26-12-7-10-21-33(26)36(34)35/h1-25H. The van der Waals surface area contributed by atoms with Crippen LogP contribution in [0.4, 0.5) is 0 Å². The smallest absolute Gasteiger partial charge is 0.164 e. The highest BCUT2D eigenvalue weighted by atomic mass is 15.0. The number of fused-ring (bicyclic) bond motifs is 5. The maximum Gasteiger partial charge on any atom is 0.164 e. The van der Waals surface area contributed by atoms with E-state index in [1.807, 2.05) is 60.7 Å². The molecule has 3 nitrogen and oxygen atoms in total. The summed E-state index contributed by atoms with van der Waals surface area (Å²) in [5, 5.41) is 7.48. The third kappa shape index (κ3) is 4.20. The van der Waals surface area contributed by atoms with Gasteiger partial charge in [-0.15, -0.1) is 0 Å². The van der Waals surface area contributed by atoms with Gasteiger partial charge < -0.3 is 0 Å². The molecule has 196 valence electrons. The molecular formula is C39H25N3. The first-order valence-electron chi connectivity index (χ1n) is 14.1. The van der Waals surface area contributed by atoms with Crippen LogP contribution >= 0.6 is 0 Å². The number of nitrogens with zero attached hydrogens (tertiary/aromatic N) is 3. The van der Waals surface area contributed by atoms with E-state index in [0.717, 1.165) is 22.3 Å². The molecule has 8 rings (SSSR count). The van der Waals surface area contributed by atoms with Crippen LogP contribution in [0.1, 0.15) is 0 Å². The Labute approximate surface area is 243 Å². The lowest BCUT2D eigenvalue weighted by Crippen LogP contribution is -2.00. The van der Waals surface area contributed by atoms with E-state index < -0.39 is 0 Å². The van der Waals surface area contributed by atoms with Gasteiger partial charge >= 0.3 is 0 Å². The van der Waals surface area contributed by atoms with Gasteiger partial charge in [0.15, 0.2) is 17.5 Å². The van der Waals surface area contributed by atoms with Crippen molar-refractivity contribution in [1.29, 1.82) is 0 Å². The maximum absolute atomic E-state index is 4.97. The van der Waals surface area contributed by atoms with E-state index in [0.29, 0.717) is 17.5 Å².